The Bertz CT molecular complexity index is 450. The molecule has 0 spiro atoms. The van der Waals surface area contributed by atoms with Crippen molar-refractivity contribution in [3.8, 4) is 5.75 Å². The van der Waals surface area contributed by atoms with Crippen LogP contribution in [-0.2, 0) is 7.05 Å². The van der Waals surface area contributed by atoms with E-state index in [1.165, 1.54) is 0 Å². The van der Waals surface area contributed by atoms with Gasteiger partial charge in [-0.2, -0.15) is 0 Å². The molecule has 0 aliphatic carbocycles. The molecular formula is C9H8BrN2O. The Morgan fingerprint density at radius 1 is 1.54 bits per heavy atom. The van der Waals surface area contributed by atoms with Crippen molar-refractivity contribution >= 4 is 27.0 Å². The van der Waals surface area contributed by atoms with Gasteiger partial charge < -0.3 is 9.30 Å². The summed E-state index contributed by atoms with van der Waals surface area (Å²) < 4.78 is 7.93. The summed E-state index contributed by atoms with van der Waals surface area (Å²) in [5.41, 5.74) is 1.93. The zero-order chi connectivity index (χ0) is 9.42. The number of hydrogen-bond donors (Lipinski definition) is 0. The van der Waals surface area contributed by atoms with E-state index in [-0.39, 0.29) is 0 Å². The molecule has 0 bridgehead atoms. The average molecular weight is 240 g/mol. The zero-order valence-corrected chi connectivity index (χ0v) is 8.92. The first-order valence-electron chi connectivity index (χ1n) is 3.80. The van der Waals surface area contributed by atoms with Crippen LogP contribution in [0.4, 0.5) is 0 Å². The van der Waals surface area contributed by atoms with Gasteiger partial charge in [-0.25, -0.2) is 4.98 Å². The third-order valence-corrected chi connectivity index (χ3v) is 2.55. The van der Waals surface area contributed by atoms with Crippen LogP contribution in [0.2, 0.25) is 0 Å². The van der Waals surface area contributed by atoms with Gasteiger partial charge in [0.25, 0.3) is 0 Å². The number of imidazole rings is 1. The van der Waals surface area contributed by atoms with E-state index in [1.54, 1.807) is 7.11 Å². The molecule has 1 heterocycles. The molecule has 0 saturated heterocycles. The number of nitrogens with zero attached hydrogens (tertiary/aromatic N) is 2. The summed E-state index contributed by atoms with van der Waals surface area (Å²) in [6.45, 7) is 0. The third-order valence-electron chi connectivity index (χ3n) is 1.93. The van der Waals surface area contributed by atoms with Gasteiger partial charge in [-0.1, -0.05) is 0 Å². The molecule has 2 aromatic rings. The average Bonchev–Trinajstić information content (AvgIpc) is 2.47. The smallest absolute Gasteiger partial charge is 0.177 e. The molecule has 2 rings (SSSR count). The van der Waals surface area contributed by atoms with Crippen molar-refractivity contribution in [2.24, 2.45) is 7.05 Å². The van der Waals surface area contributed by atoms with Crippen LogP contribution in [0.25, 0.3) is 11.0 Å². The minimum absolute atomic E-state index is 0.791. The Morgan fingerprint density at radius 2 is 2.31 bits per heavy atom. The summed E-state index contributed by atoms with van der Waals surface area (Å²) in [6.07, 6.45) is 2.85. The maximum absolute atomic E-state index is 5.15. The highest BCUT2D eigenvalue weighted by Gasteiger charge is 2.06. The first-order chi connectivity index (χ1) is 6.22. The first-order valence-corrected chi connectivity index (χ1v) is 4.59. The van der Waals surface area contributed by atoms with E-state index in [9.17, 15) is 0 Å². The predicted molar refractivity (Wildman–Crippen MR) is 53.8 cm³/mol. The Balaban J connectivity index is 2.76. The van der Waals surface area contributed by atoms with Gasteiger partial charge in [0.15, 0.2) is 6.33 Å². The molecule has 0 N–H and O–H groups in total. The molecule has 67 valence electrons. The van der Waals surface area contributed by atoms with E-state index in [2.05, 4.69) is 27.2 Å². The second kappa shape index (κ2) is 3.03. The van der Waals surface area contributed by atoms with Crippen LogP contribution in [0.3, 0.4) is 0 Å². The molecule has 0 aliphatic rings. The molecule has 0 atom stereocenters. The largest absolute Gasteiger partial charge is 0.495 e. The van der Waals surface area contributed by atoms with E-state index in [1.807, 2.05) is 23.7 Å². The number of halogens is 1. The summed E-state index contributed by atoms with van der Waals surface area (Å²) >= 11 is 3.42. The quantitative estimate of drug-likeness (QED) is 0.763. The van der Waals surface area contributed by atoms with Crippen LogP contribution in [0.1, 0.15) is 0 Å². The molecular weight excluding hydrogens is 232 g/mol. The van der Waals surface area contributed by atoms with Crippen molar-refractivity contribution in [1.82, 2.24) is 9.55 Å². The van der Waals surface area contributed by atoms with Crippen LogP contribution < -0.4 is 4.74 Å². The lowest BCUT2D eigenvalue weighted by atomic mass is 10.3. The maximum atomic E-state index is 5.15. The van der Waals surface area contributed by atoms with Crippen molar-refractivity contribution in [2.45, 2.75) is 0 Å². The van der Waals surface area contributed by atoms with Gasteiger partial charge in [-0.3, -0.25) is 0 Å². The van der Waals surface area contributed by atoms with Crippen LogP contribution in [0, 0.1) is 6.33 Å². The fourth-order valence-corrected chi connectivity index (χ4v) is 1.72. The molecule has 1 aromatic carbocycles. The molecule has 0 fully saturated rings. The number of fused-ring (bicyclic) bond motifs is 1. The molecule has 1 radical (unpaired) electrons. The number of methoxy groups -OCH3 is 1. The highest BCUT2D eigenvalue weighted by molar-refractivity contribution is 9.10. The van der Waals surface area contributed by atoms with Gasteiger partial charge in [0.1, 0.15) is 5.75 Å². The monoisotopic (exact) mass is 239 g/mol. The van der Waals surface area contributed by atoms with Crippen LogP contribution >= 0.6 is 15.9 Å². The Kier molecular flexibility index (Phi) is 2.00. The Labute approximate surface area is 84.5 Å². The normalized spacial score (nSPS) is 10.7. The van der Waals surface area contributed by atoms with Gasteiger partial charge in [0.05, 0.1) is 22.6 Å². The summed E-state index contributed by atoms with van der Waals surface area (Å²) in [5.74, 6) is 0.791. The molecule has 13 heavy (non-hydrogen) atoms. The summed E-state index contributed by atoms with van der Waals surface area (Å²) in [4.78, 5) is 4.11. The second-order valence-electron chi connectivity index (χ2n) is 2.75. The van der Waals surface area contributed by atoms with Crippen molar-refractivity contribution in [3.05, 3.63) is 22.9 Å². The number of rotatable bonds is 1. The van der Waals surface area contributed by atoms with Crippen molar-refractivity contribution in [3.63, 3.8) is 0 Å². The maximum Gasteiger partial charge on any atom is 0.177 e. The number of aromatic nitrogens is 2. The molecule has 0 aliphatic heterocycles. The zero-order valence-electron chi connectivity index (χ0n) is 7.34. The standard InChI is InChI=1S/C9H8BrN2O/c1-12-5-11-7-4-9(13-2)6(10)3-8(7)12/h3-4H,1-2H3. The number of ether oxygens (including phenoxy) is 1. The molecule has 0 saturated carbocycles. The fourth-order valence-electron chi connectivity index (χ4n) is 1.23. The topological polar surface area (TPSA) is 27.1 Å². The number of benzene rings is 1. The summed E-state index contributed by atoms with van der Waals surface area (Å²) in [5, 5.41) is 0. The lowest BCUT2D eigenvalue weighted by molar-refractivity contribution is 0.412. The van der Waals surface area contributed by atoms with E-state index >= 15 is 0 Å². The number of hydrogen-bond acceptors (Lipinski definition) is 2. The van der Waals surface area contributed by atoms with Crippen LogP contribution in [-0.4, -0.2) is 16.7 Å². The third kappa shape index (κ3) is 1.31. The predicted octanol–water partition coefficient (Wildman–Crippen LogP) is 2.14. The van der Waals surface area contributed by atoms with E-state index in [4.69, 9.17) is 4.74 Å². The summed E-state index contributed by atoms with van der Waals surface area (Å²) in [6, 6.07) is 3.85. The highest BCUT2D eigenvalue weighted by atomic mass is 79.9. The second-order valence-corrected chi connectivity index (χ2v) is 3.60. The Morgan fingerprint density at radius 3 is 3.00 bits per heavy atom. The van der Waals surface area contributed by atoms with Crippen LogP contribution in [0.5, 0.6) is 5.75 Å². The van der Waals surface area contributed by atoms with Gasteiger partial charge >= 0.3 is 0 Å². The van der Waals surface area contributed by atoms with Gasteiger partial charge in [-0.05, 0) is 22.0 Å². The number of aryl methyl sites for hydroxylation is 1. The van der Waals surface area contributed by atoms with E-state index in [0.717, 1.165) is 21.3 Å². The minimum Gasteiger partial charge on any atom is -0.495 e. The SMILES string of the molecule is COc1cc2n[c]n(C)c2cc1Br. The lowest BCUT2D eigenvalue weighted by Crippen LogP contribution is -1.87. The van der Waals surface area contributed by atoms with Crippen LogP contribution in [0.15, 0.2) is 16.6 Å². The fraction of sp³-hybridized carbons (Fsp3) is 0.222. The molecule has 0 unspecified atom stereocenters. The van der Waals surface area contributed by atoms with Crippen molar-refractivity contribution < 1.29 is 4.74 Å². The molecule has 3 nitrogen and oxygen atoms in total. The molecule has 0 amide bonds. The summed E-state index contributed by atoms with van der Waals surface area (Å²) in [7, 11) is 3.55. The molecule has 4 heteroatoms. The van der Waals surface area contributed by atoms with Crippen molar-refractivity contribution in [1.29, 1.82) is 0 Å². The van der Waals surface area contributed by atoms with E-state index in [0.29, 0.717) is 0 Å². The van der Waals surface area contributed by atoms with Crippen molar-refractivity contribution in [2.75, 3.05) is 7.11 Å². The van der Waals surface area contributed by atoms with Gasteiger partial charge in [0, 0.05) is 13.1 Å². The molecule has 1 aromatic heterocycles. The minimum atomic E-state index is 0.791. The Hall–Kier alpha value is -1.03. The first kappa shape index (κ1) is 8.56. The van der Waals surface area contributed by atoms with Gasteiger partial charge in [-0.15, -0.1) is 0 Å². The lowest BCUT2D eigenvalue weighted by Gasteiger charge is -2.02. The van der Waals surface area contributed by atoms with E-state index < -0.39 is 0 Å². The van der Waals surface area contributed by atoms with Gasteiger partial charge in [0.2, 0.25) is 0 Å². The highest BCUT2D eigenvalue weighted by Crippen LogP contribution is 2.28.